The van der Waals surface area contributed by atoms with Crippen LogP contribution < -0.4 is 5.32 Å². The number of aliphatic hydroxyl groups is 1. The molecule has 0 aliphatic carbocycles. The summed E-state index contributed by atoms with van der Waals surface area (Å²) < 4.78 is 0. The summed E-state index contributed by atoms with van der Waals surface area (Å²) in [6.45, 7) is 13.6. The van der Waals surface area contributed by atoms with Gasteiger partial charge in [0, 0.05) is 29.6 Å². The van der Waals surface area contributed by atoms with E-state index in [1.54, 1.807) is 12.1 Å². The van der Waals surface area contributed by atoms with Crippen molar-refractivity contribution in [1.29, 1.82) is 0 Å². The number of hydrogen-bond acceptors (Lipinski definition) is 4. The average Bonchev–Trinajstić information content (AvgIpc) is 2.61. The van der Waals surface area contributed by atoms with E-state index < -0.39 is 23.2 Å². The SMILES string of the molecule is CC(C(C=O)NC(=O)O)C(N1CC[C@](O)(c2ccc(Cl)cc2)C(C)(C)C1)C(C)(C)C. The lowest BCUT2D eigenvalue weighted by Gasteiger charge is -2.55. The zero-order valence-corrected chi connectivity index (χ0v) is 19.5. The molecule has 0 saturated carbocycles. The molecule has 4 atom stereocenters. The van der Waals surface area contributed by atoms with Gasteiger partial charge in [-0.05, 0) is 35.4 Å². The molecule has 2 rings (SSSR count). The molecule has 1 aliphatic heterocycles. The highest BCUT2D eigenvalue weighted by Gasteiger charge is 2.51. The van der Waals surface area contributed by atoms with Crippen LogP contribution in [0.1, 0.15) is 53.5 Å². The summed E-state index contributed by atoms with van der Waals surface area (Å²) >= 11 is 6.03. The summed E-state index contributed by atoms with van der Waals surface area (Å²) in [5, 5.41) is 23.8. The Bertz CT molecular complexity index is 759. The second-order valence-electron chi connectivity index (χ2n) is 10.3. The van der Waals surface area contributed by atoms with E-state index in [4.69, 9.17) is 16.7 Å². The Morgan fingerprint density at radius 3 is 2.27 bits per heavy atom. The van der Waals surface area contributed by atoms with Crippen LogP contribution in [0.15, 0.2) is 24.3 Å². The van der Waals surface area contributed by atoms with Gasteiger partial charge < -0.3 is 20.3 Å². The third kappa shape index (κ3) is 4.98. The zero-order valence-electron chi connectivity index (χ0n) is 18.8. The monoisotopic (exact) mass is 438 g/mol. The third-order valence-corrected chi connectivity index (χ3v) is 6.83. The van der Waals surface area contributed by atoms with Crippen LogP contribution in [0.4, 0.5) is 4.79 Å². The van der Waals surface area contributed by atoms with Gasteiger partial charge in [0.1, 0.15) is 6.29 Å². The van der Waals surface area contributed by atoms with E-state index in [-0.39, 0.29) is 17.4 Å². The molecular formula is C23H35ClN2O4. The Labute approximate surface area is 184 Å². The predicted molar refractivity (Wildman–Crippen MR) is 119 cm³/mol. The summed E-state index contributed by atoms with van der Waals surface area (Å²) in [7, 11) is 0. The molecule has 7 heteroatoms. The van der Waals surface area contributed by atoms with Crippen LogP contribution in [0.5, 0.6) is 0 Å². The number of halogens is 1. The van der Waals surface area contributed by atoms with Gasteiger partial charge in [-0.3, -0.25) is 4.90 Å². The molecular weight excluding hydrogens is 404 g/mol. The Balaban J connectivity index is 2.34. The zero-order chi connectivity index (χ0) is 22.9. The number of amides is 1. The normalized spacial score (nSPS) is 25.2. The lowest BCUT2D eigenvalue weighted by atomic mass is 9.65. The van der Waals surface area contributed by atoms with Gasteiger partial charge in [-0.2, -0.15) is 0 Å². The van der Waals surface area contributed by atoms with Crippen molar-refractivity contribution in [2.24, 2.45) is 16.7 Å². The van der Waals surface area contributed by atoms with Crippen molar-refractivity contribution in [1.82, 2.24) is 10.2 Å². The first-order chi connectivity index (χ1) is 13.7. The highest BCUT2D eigenvalue weighted by molar-refractivity contribution is 6.30. The number of nitrogens with zero attached hydrogens (tertiary/aromatic N) is 1. The van der Waals surface area contributed by atoms with Gasteiger partial charge in [0.05, 0.1) is 11.6 Å². The van der Waals surface area contributed by atoms with Crippen LogP contribution in [0.25, 0.3) is 0 Å². The number of benzene rings is 1. The number of aldehydes is 1. The summed E-state index contributed by atoms with van der Waals surface area (Å²) in [4.78, 5) is 25.1. The van der Waals surface area contributed by atoms with E-state index >= 15 is 0 Å². The predicted octanol–water partition coefficient (Wildman–Crippen LogP) is 4.15. The van der Waals surface area contributed by atoms with Gasteiger partial charge in [0.2, 0.25) is 0 Å². The Hall–Kier alpha value is -1.63. The molecule has 3 N–H and O–H groups in total. The molecule has 1 aromatic carbocycles. The molecule has 0 radical (unpaired) electrons. The van der Waals surface area contributed by atoms with Gasteiger partial charge >= 0.3 is 6.09 Å². The van der Waals surface area contributed by atoms with Crippen LogP contribution in [0.3, 0.4) is 0 Å². The summed E-state index contributed by atoms with van der Waals surface area (Å²) in [5.41, 5.74) is -0.843. The van der Waals surface area contributed by atoms with Crippen LogP contribution in [0.2, 0.25) is 5.02 Å². The fourth-order valence-electron chi connectivity index (χ4n) is 5.16. The van der Waals surface area contributed by atoms with Gasteiger partial charge in [-0.25, -0.2) is 4.79 Å². The van der Waals surface area contributed by atoms with Crippen LogP contribution in [-0.4, -0.2) is 52.7 Å². The highest BCUT2D eigenvalue weighted by Crippen LogP contribution is 2.48. The van der Waals surface area contributed by atoms with E-state index in [0.29, 0.717) is 30.8 Å². The minimum Gasteiger partial charge on any atom is -0.465 e. The van der Waals surface area contributed by atoms with Crippen molar-refractivity contribution >= 4 is 24.0 Å². The third-order valence-electron chi connectivity index (χ3n) is 6.58. The van der Waals surface area contributed by atoms with Crippen molar-refractivity contribution < 1.29 is 19.8 Å². The number of rotatable bonds is 6. The van der Waals surface area contributed by atoms with E-state index in [0.717, 1.165) is 5.56 Å². The summed E-state index contributed by atoms with van der Waals surface area (Å²) in [6.07, 6.45) is -0.00176. The molecule has 168 valence electrons. The van der Waals surface area contributed by atoms with Gasteiger partial charge in [0.25, 0.3) is 0 Å². The van der Waals surface area contributed by atoms with Crippen molar-refractivity contribution in [2.75, 3.05) is 13.1 Å². The molecule has 3 unspecified atom stereocenters. The van der Waals surface area contributed by atoms with Crippen molar-refractivity contribution in [3.63, 3.8) is 0 Å². The molecule has 1 amide bonds. The maximum Gasteiger partial charge on any atom is 0.405 e. The number of carbonyl (C=O) groups is 2. The number of carboxylic acid groups (broad SMARTS) is 1. The Morgan fingerprint density at radius 1 is 1.27 bits per heavy atom. The maximum atomic E-state index is 11.7. The molecule has 0 aromatic heterocycles. The first kappa shape index (κ1) is 24.6. The Morgan fingerprint density at radius 2 is 1.83 bits per heavy atom. The quantitative estimate of drug-likeness (QED) is 0.580. The van der Waals surface area contributed by atoms with Crippen LogP contribution in [0, 0.1) is 16.7 Å². The number of nitrogens with one attached hydrogen (secondary N) is 1. The Kier molecular flexibility index (Phi) is 7.27. The fourth-order valence-corrected chi connectivity index (χ4v) is 5.28. The summed E-state index contributed by atoms with van der Waals surface area (Å²) in [5.74, 6) is -0.240. The number of hydrogen-bond donors (Lipinski definition) is 3. The van der Waals surface area contributed by atoms with Gasteiger partial charge in [-0.1, -0.05) is 65.3 Å². The topological polar surface area (TPSA) is 89.9 Å². The maximum absolute atomic E-state index is 11.7. The lowest BCUT2D eigenvalue weighted by Crippen LogP contribution is -2.62. The number of likely N-dealkylation sites (tertiary alicyclic amines) is 1. The largest absolute Gasteiger partial charge is 0.465 e. The number of piperidine rings is 1. The smallest absolute Gasteiger partial charge is 0.405 e. The average molecular weight is 439 g/mol. The van der Waals surface area contributed by atoms with Crippen LogP contribution in [-0.2, 0) is 10.4 Å². The van der Waals surface area contributed by atoms with E-state index in [1.807, 2.05) is 32.9 Å². The lowest BCUT2D eigenvalue weighted by molar-refractivity contribution is -0.146. The second-order valence-corrected chi connectivity index (χ2v) is 10.7. The minimum absolute atomic E-state index is 0.0615. The molecule has 1 fully saturated rings. The van der Waals surface area contributed by atoms with Crippen molar-refractivity contribution in [2.45, 2.75) is 65.6 Å². The molecule has 6 nitrogen and oxygen atoms in total. The second kappa shape index (κ2) is 8.85. The molecule has 1 aromatic rings. The van der Waals surface area contributed by atoms with E-state index in [1.165, 1.54) is 0 Å². The molecule has 30 heavy (non-hydrogen) atoms. The van der Waals surface area contributed by atoms with Crippen LogP contribution >= 0.6 is 11.6 Å². The number of carbonyl (C=O) groups excluding carboxylic acids is 1. The molecule has 0 spiro atoms. The fraction of sp³-hybridized carbons (Fsp3) is 0.652. The first-order valence-corrected chi connectivity index (χ1v) is 10.8. The van der Waals surface area contributed by atoms with Gasteiger partial charge in [-0.15, -0.1) is 0 Å². The standard InChI is InChI=1S/C23H35ClN2O4/c1-15(18(13-27)25-20(28)29)19(21(2,3)4)26-12-11-23(30,22(5,6)14-26)16-7-9-17(24)10-8-16/h7-10,13,15,18-19,25,30H,11-12,14H2,1-6H3,(H,28,29)/t15?,18?,19?,23-/m0/s1. The molecule has 1 aliphatic rings. The van der Waals surface area contributed by atoms with Crippen molar-refractivity contribution in [3.8, 4) is 0 Å². The minimum atomic E-state index is -1.21. The van der Waals surface area contributed by atoms with Crippen molar-refractivity contribution in [3.05, 3.63) is 34.9 Å². The highest BCUT2D eigenvalue weighted by atomic mass is 35.5. The van der Waals surface area contributed by atoms with Gasteiger partial charge in [0.15, 0.2) is 0 Å². The molecule has 1 saturated heterocycles. The van der Waals surface area contributed by atoms with E-state index in [2.05, 4.69) is 31.0 Å². The molecule has 0 bridgehead atoms. The molecule has 1 heterocycles. The van der Waals surface area contributed by atoms with E-state index in [9.17, 15) is 14.7 Å². The summed E-state index contributed by atoms with van der Waals surface area (Å²) in [6, 6.07) is 6.49. The first-order valence-electron chi connectivity index (χ1n) is 10.4.